The Kier molecular flexibility index (Phi) is 7.68. The monoisotopic (exact) mass is 575 g/mol. The van der Waals surface area contributed by atoms with Gasteiger partial charge in [0.25, 0.3) is 0 Å². The molecule has 0 bridgehead atoms. The molecule has 4 rings (SSSR count). The van der Waals surface area contributed by atoms with Gasteiger partial charge in [-0.25, -0.2) is 32.2 Å². The van der Waals surface area contributed by atoms with Crippen LogP contribution in [0.4, 0.5) is 22.0 Å². The van der Waals surface area contributed by atoms with E-state index in [0.717, 1.165) is 41.0 Å². The number of aromatic nitrogens is 3. The first-order valence-corrected chi connectivity index (χ1v) is 12.9. The molecule has 1 aliphatic heterocycles. The average Bonchev–Trinajstić information content (AvgIpc) is 3.17. The van der Waals surface area contributed by atoms with Gasteiger partial charge in [-0.3, -0.25) is 4.79 Å². The highest BCUT2D eigenvalue weighted by Crippen LogP contribution is 2.33. The molecule has 1 fully saturated rings. The molecule has 0 saturated carbocycles. The lowest BCUT2D eigenvalue weighted by Crippen LogP contribution is -2.48. The smallest absolute Gasteiger partial charge is 0.351 e. The third-order valence-corrected chi connectivity index (χ3v) is 8.10. The molecule has 38 heavy (non-hydrogen) atoms. The second-order valence-electron chi connectivity index (χ2n) is 8.49. The van der Waals surface area contributed by atoms with Crippen molar-refractivity contribution in [3.05, 3.63) is 71.2 Å². The van der Waals surface area contributed by atoms with Crippen LogP contribution in [-0.2, 0) is 27.5 Å². The van der Waals surface area contributed by atoms with Crippen LogP contribution in [0, 0.1) is 5.82 Å². The van der Waals surface area contributed by atoms with Crippen LogP contribution in [0.1, 0.15) is 24.7 Å². The molecule has 0 unspecified atom stereocenters. The largest absolute Gasteiger partial charge is 0.451 e. The predicted octanol–water partition coefficient (Wildman–Crippen LogP) is 4.16. The molecule has 1 aliphatic rings. The highest BCUT2D eigenvalue weighted by Gasteiger charge is 2.49. The number of benzene rings is 1. The number of rotatable bonds is 6. The van der Waals surface area contributed by atoms with Gasteiger partial charge in [-0.15, -0.1) is 0 Å². The maximum Gasteiger partial charge on any atom is 0.451 e. The van der Waals surface area contributed by atoms with E-state index in [1.54, 1.807) is 0 Å². The summed E-state index contributed by atoms with van der Waals surface area (Å²) in [6.45, 7) is 1.15. The Morgan fingerprint density at radius 2 is 1.79 bits per heavy atom. The number of sulfonamides is 1. The maximum absolute atomic E-state index is 14.6. The van der Waals surface area contributed by atoms with E-state index in [1.807, 2.05) is 0 Å². The summed E-state index contributed by atoms with van der Waals surface area (Å²) in [4.78, 5) is 23.3. The molecule has 202 valence electrons. The standard InChI is InChI=1S/C23H19ClF5N5O3S/c1-12-17(26)8-19(34(12)38(36,37)16-4-2-15(25)3-5-16)21(35)30-9-13-6-18(33-20(24)7-13)14-10-31-22(32-11-14)23(27,28)29/h2-7,10-12,17,19H,8-9H2,1H3,(H,30,35)/t12-,17+,19-/m0/s1. The zero-order chi connectivity index (χ0) is 27.8. The molecule has 2 aromatic heterocycles. The molecule has 3 aromatic rings. The lowest BCUT2D eigenvalue weighted by molar-refractivity contribution is -0.145. The van der Waals surface area contributed by atoms with E-state index in [9.17, 15) is 35.2 Å². The zero-order valence-corrected chi connectivity index (χ0v) is 21.0. The summed E-state index contributed by atoms with van der Waals surface area (Å²) in [7, 11) is -4.34. The number of halogens is 6. The minimum atomic E-state index is -4.72. The SMILES string of the molecule is C[C@H]1[C@H](F)C[C@@H](C(=O)NCc2cc(Cl)nc(-c3cnc(C(F)(F)F)nc3)c2)N1S(=O)(=O)c1ccc(F)cc1. The van der Waals surface area contributed by atoms with Gasteiger partial charge in [-0.05, 0) is 48.9 Å². The number of nitrogens with one attached hydrogen (secondary N) is 1. The average molecular weight is 576 g/mol. The van der Waals surface area contributed by atoms with Gasteiger partial charge >= 0.3 is 6.18 Å². The Hall–Kier alpha value is -3.23. The Labute approximate surface area is 218 Å². The molecular weight excluding hydrogens is 557 g/mol. The molecule has 3 atom stereocenters. The van der Waals surface area contributed by atoms with E-state index in [-0.39, 0.29) is 27.9 Å². The second kappa shape index (κ2) is 10.5. The van der Waals surface area contributed by atoms with Crippen molar-refractivity contribution in [1.29, 1.82) is 0 Å². The van der Waals surface area contributed by atoms with Gasteiger partial charge in [0.15, 0.2) is 0 Å². The van der Waals surface area contributed by atoms with E-state index in [1.165, 1.54) is 19.1 Å². The Balaban J connectivity index is 1.53. The van der Waals surface area contributed by atoms with Gasteiger partial charge in [0.2, 0.25) is 21.8 Å². The van der Waals surface area contributed by atoms with Gasteiger partial charge in [0, 0.05) is 30.9 Å². The van der Waals surface area contributed by atoms with Gasteiger partial charge in [0.1, 0.15) is 23.2 Å². The number of hydrogen-bond donors (Lipinski definition) is 1. The van der Waals surface area contributed by atoms with E-state index in [4.69, 9.17) is 11.6 Å². The van der Waals surface area contributed by atoms with Crippen molar-refractivity contribution in [2.75, 3.05) is 0 Å². The summed E-state index contributed by atoms with van der Waals surface area (Å²) in [6, 6.07) is 4.24. The minimum Gasteiger partial charge on any atom is -0.351 e. The van der Waals surface area contributed by atoms with Crippen molar-refractivity contribution in [3.8, 4) is 11.3 Å². The van der Waals surface area contributed by atoms with Crippen LogP contribution in [0.3, 0.4) is 0 Å². The Morgan fingerprint density at radius 3 is 2.39 bits per heavy atom. The quantitative estimate of drug-likeness (QED) is 0.350. The third kappa shape index (κ3) is 5.76. The number of nitrogens with zero attached hydrogens (tertiary/aromatic N) is 4. The van der Waals surface area contributed by atoms with Crippen molar-refractivity contribution in [1.82, 2.24) is 24.6 Å². The van der Waals surface area contributed by atoms with Crippen LogP contribution < -0.4 is 5.32 Å². The lowest BCUT2D eigenvalue weighted by atomic mass is 10.1. The van der Waals surface area contributed by atoms with Gasteiger partial charge < -0.3 is 5.32 Å². The van der Waals surface area contributed by atoms with Crippen molar-refractivity contribution in [2.45, 2.75) is 49.2 Å². The molecule has 0 spiro atoms. The molecule has 0 radical (unpaired) electrons. The second-order valence-corrected chi connectivity index (χ2v) is 10.7. The van der Waals surface area contributed by atoms with Crippen molar-refractivity contribution < 1.29 is 35.2 Å². The number of carbonyl (C=O) groups excluding carboxylic acids is 1. The fraction of sp³-hybridized carbons (Fsp3) is 0.304. The van der Waals surface area contributed by atoms with Crippen molar-refractivity contribution in [2.24, 2.45) is 0 Å². The van der Waals surface area contributed by atoms with Crippen LogP contribution in [0.2, 0.25) is 5.15 Å². The van der Waals surface area contributed by atoms with Crippen molar-refractivity contribution >= 4 is 27.5 Å². The molecule has 8 nitrogen and oxygen atoms in total. The number of hydrogen-bond acceptors (Lipinski definition) is 6. The molecule has 1 aromatic carbocycles. The third-order valence-electron chi connectivity index (χ3n) is 5.89. The number of carbonyl (C=O) groups is 1. The normalized spacial score (nSPS) is 20.4. The van der Waals surface area contributed by atoms with Crippen LogP contribution in [0.5, 0.6) is 0 Å². The van der Waals surface area contributed by atoms with Crippen LogP contribution in [0.25, 0.3) is 11.3 Å². The van der Waals surface area contributed by atoms with E-state index >= 15 is 0 Å². The summed E-state index contributed by atoms with van der Waals surface area (Å²) in [5.41, 5.74) is 0.646. The van der Waals surface area contributed by atoms with Crippen LogP contribution in [0.15, 0.2) is 53.7 Å². The molecule has 3 heterocycles. The molecule has 1 N–H and O–H groups in total. The fourth-order valence-corrected chi connectivity index (χ4v) is 6.05. The summed E-state index contributed by atoms with van der Waals surface area (Å²) < 4.78 is 93.2. The van der Waals surface area contributed by atoms with Crippen LogP contribution in [-0.4, -0.2) is 51.8 Å². The summed E-state index contributed by atoms with van der Waals surface area (Å²) in [6.07, 6.45) is -4.88. The first kappa shape index (κ1) is 27.8. The molecule has 15 heteroatoms. The first-order chi connectivity index (χ1) is 17.8. The number of pyridine rings is 1. The molecule has 0 aliphatic carbocycles. The van der Waals surface area contributed by atoms with Gasteiger partial charge in [0.05, 0.1) is 16.6 Å². The molecule has 1 amide bonds. The Morgan fingerprint density at radius 1 is 1.16 bits per heavy atom. The van der Waals surface area contributed by atoms with Gasteiger partial charge in [-0.2, -0.15) is 17.5 Å². The molecular formula is C23H19ClF5N5O3S. The van der Waals surface area contributed by atoms with Crippen molar-refractivity contribution in [3.63, 3.8) is 0 Å². The first-order valence-electron chi connectivity index (χ1n) is 11.0. The summed E-state index contributed by atoms with van der Waals surface area (Å²) in [5, 5.41) is 2.50. The highest BCUT2D eigenvalue weighted by atomic mass is 35.5. The highest BCUT2D eigenvalue weighted by molar-refractivity contribution is 7.89. The lowest BCUT2D eigenvalue weighted by Gasteiger charge is -2.27. The Bertz CT molecular complexity index is 1440. The van der Waals surface area contributed by atoms with E-state index in [0.29, 0.717) is 5.56 Å². The summed E-state index contributed by atoms with van der Waals surface area (Å²) >= 11 is 6.04. The zero-order valence-electron chi connectivity index (χ0n) is 19.5. The van der Waals surface area contributed by atoms with E-state index < -0.39 is 58.4 Å². The van der Waals surface area contributed by atoms with E-state index in [2.05, 4.69) is 20.3 Å². The minimum absolute atomic E-state index is 0.0366. The predicted molar refractivity (Wildman–Crippen MR) is 125 cm³/mol. The fourth-order valence-electron chi connectivity index (χ4n) is 4.01. The maximum atomic E-state index is 14.6. The topological polar surface area (TPSA) is 105 Å². The number of amides is 1. The molecule has 1 saturated heterocycles. The van der Waals surface area contributed by atoms with Gasteiger partial charge in [-0.1, -0.05) is 11.6 Å². The van der Waals surface area contributed by atoms with Crippen LogP contribution >= 0.6 is 11.6 Å². The summed E-state index contributed by atoms with van der Waals surface area (Å²) in [5.74, 6) is -2.77. The number of alkyl halides is 4.